The number of nitrogens with one attached hydrogen (secondary N) is 1. The lowest BCUT2D eigenvalue weighted by atomic mass is 9.95. The zero-order valence-electron chi connectivity index (χ0n) is 10.6. The van der Waals surface area contributed by atoms with Gasteiger partial charge in [0, 0.05) is 13.0 Å². The fourth-order valence-corrected chi connectivity index (χ4v) is 1.65. The van der Waals surface area contributed by atoms with E-state index in [0.717, 1.165) is 5.56 Å². The largest absolute Gasteiger partial charge is 0.353 e. The highest BCUT2D eigenvalue weighted by molar-refractivity contribution is 5.76. The summed E-state index contributed by atoms with van der Waals surface area (Å²) in [6.07, 6.45) is 2.54. The number of carbonyl (C=O) groups excluding carboxylic acids is 1. The summed E-state index contributed by atoms with van der Waals surface area (Å²) >= 11 is 0. The van der Waals surface area contributed by atoms with Gasteiger partial charge in [-0.25, -0.2) is 0 Å². The van der Waals surface area contributed by atoms with E-state index in [1.54, 1.807) is 6.08 Å². The van der Waals surface area contributed by atoms with Gasteiger partial charge in [-0.2, -0.15) is 5.26 Å². The average Bonchev–Trinajstić information content (AvgIpc) is 2.39. The van der Waals surface area contributed by atoms with Crippen LogP contribution in [-0.2, 0) is 4.79 Å². The summed E-state index contributed by atoms with van der Waals surface area (Å²) < 4.78 is 0. The Bertz CT molecular complexity index is 443. The smallest absolute Gasteiger partial charge is 0.220 e. The van der Waals surface area contributed by atoms with Crippen LogP contribution >= 0.6 is 0 Å². The normalized spacial score (nSPS) is 11.3. The number of rotatable bonds is 6. The van der Waals surface area contributed by atoms with Crippen LogP contribution < -0.4 is 5.32 Å². The van der Waals surface area contributed by atoms with Gasteiger partial charge in [0.15, 0.2) is 0 Å². The van der Waals surface area contributed by atoms with Crippen molar-refractivity contribution in [2.75, 3.05) is 6.54 Å². The van der Waals surface area contributed by atoms with Gasteiger partial charge >= 0.3 is 0 Å². The third kappa shape index (κ3) is 4.42. The molecule has 1 unspecified atom stereocenters. The van der Waals surface area contributed by atoms with Crippen molar-refractivity contribution in [2.24, 2.45) is 0 Å². The van der Waals surface area contributed by atoms with Crippen molar-refractivity contribution >= 4 is 5.91 Å². The lowest BCUT2D eigenvalue weighted by Crippen LogP contribution is -2.23. The molecule has 0 fully saturated rings. The first-order valence-electron chi connectivity index (χ1n) is 6.01. The topological polar surface area (TPSA) is 52.9 Å². The molecule has 1 atom stereocenters. The Morgan fingerprint density at radius 1 is 1.50 bits per heavy atom. The number of carbonyl (C=O) groups is 1. The van der Waals surface area contributed by atoms with E-state index in [2.05, 4.69) is 18.0 Å². The second-order valence-electron chi connectivity index (χ2n) is 4.22. The maximum Gasteiger partial charge on any atom is 0.220 e. The number of hydrogen-bond donors (Lipinski definition) is 1. The van der Waals surface area contributed by atoms with Gasteiger partial charge in [0.2, 0.25) is 5.91 Å². The Labute approximate surface area is 108 Å². The molecule has 0 spiro atoms. The third-order valence-corrected chi connectivity index (χ3v) is 2.74. The lowest BCUT2D eigenvalue weighted by Gasteiger charge is -2.09. The fraction of sp³-hybridized carbons (Fsp3) is 0.333. The van der Waals surface area contributed by atoms with Crippen LogP contribution in [0, 0.1) is 18.3 Å². The van der Waals surface area contributed by atoms with E-state index in [0.29, 0.717) is 19.4 Å². The van der Waals surface area contributed by atoms with Crippen LogP contribution in [-0.4, -0.2) is 12.5 Å². The molecule has 0 saturated heterocycles. The van der Waals surface area contributed by atoms with Gasteiger partial charge in [-0.05, 0) is 18.9 Å². The van der Waals surface area contributed by atoms with E-state index in [1.165, 1.54) is 5.56 Å². The van der Waals surface area contributed by atoms with Gasteiger partial charge in [-0.1, -0.05) is 35.9 Å². The Kier molecular flexibility index (Phi) is 5.66. The molecular formula is C15H18N2O. The first-order chi connectivity index (χ1) is 8.67. The molecule has 3 heteroatoms. The van der Waals surface area contributed by atoms with E-state index < -0.39 is 0 Å². The van der Waals surface area contributed by atoms with Gasteiger partial charge < -0.3 is 5.32 Å². The molecule has 0 aliphatic carbocycles. The van der Waals surface area contributed by atoms with Gasteiger partial charge in [-0.15, -0.1) is 6.58 Å². The van der Waals surface area contributed by atoms with Crippen molar-refractivity contribution in [3.05, 3.63) is 48.0 Å². The molecule has 0 bridgehead atoms. The number of nitrogens with zero attached hydrogens (tertiary/aromatic N) is 1. The molecule has 1 aromatic rings. The first kappa shape index (κ1) is 14.0. The van der Waals surface area contributed by atoms with E-state index >= 15 is 0 Å². The van der Waals surface area contributed by atoms with Gasteiger partial charge in [-0.3, -0.25) is 4.79 Å². The molecule has 0 aliphatic rings. The van der Waals surface area contributed by atoms with Crippen molar-refractivity contribution in [2.45, 2.75) is 25.7 Å². The maximum atomic E-state index is 11.4. The summed E-state index contributed by atoms with van der Waals surface area (Å²) in [7, 11) is 0. The predicted molar refractivity (Wildman–Crippen MR) is 72.0 cm³/mol. The van der Waals surface area contributed by atoms with Crippen LogP contribution in [0.15, 0.2) is 36.9 Å². The van der Waals surface area contributed by atoms with Crippen molar-refractivity contribution in [1.29, 1.82) is 5.26 Å². The zero-order valence-corrected chi connectivity index (χ0v) is 10.6. The minimum atomic E-state index is -0.222. The van der Waals surface area contributed by atoms with E-state index in [1.807, 2.05) is 31.2 Å². The number of amides is 1. The molecule has 1 amide bonds. The van der Waals surface area contributed by atoms with Crippen LogP contribution in [0.1, 0.15) is 29.9 Å². The van der Waals surface area contributed by atoms with E-state index in [4.69, 9.17) is 5.26 Å². The minimum absolute atomic E-state index is 0.0396. The second-order valence-corrected chi connectivity index (χ2v) is 4.22. The molecule has 0 heterocycles. The highest BCUT2D eigenvalue weighted by Crippen LogP contribution is 2.20. The van der Waals surface area contributed by atoms with Crippen molar-refractivity contribution < 1.29 is 4.79 Å². The predicted octanol–water partition coefficient (Wildman–Crippen LogP) is 2.68. The quantitative estimate of drug-likeness (QED) is 0.780. The highest BCUT2D eigenvalue weighted by atomic mass is 16.1. The summed E-state index contributed by atoms with van der Waals surface area (Å²) in [6.45, 7) is 6.01. The lowest BCUT2D eigenvalue weighted by molar-refractivity contribution is -0.121. The molecule has 1 rings (SSSR count). The van der Waals surface area contributed by atoms with E-state index in [9.17, 15) is 4.79 Å². The SMILES string of the molecule is C=CCNC(=O)CCC(C#N)c1ccc(C)cc1. The number of benzene rings is 1. The Hall–Kier alpha value is -2.08. The van der Waals surface area contributed by atoms with Crippen LogP contribution in [0.25, 0.3) is 0 Å². The molecule has 0 saturated carbocycles. The summed E-state index contributed by atoms with van der Waals surface area (Å²) in [5.41, 5.74) is 2.14. The third-order valence-electron chi connectivity index (χ3n) is 2.74. The number of hydrogen-bond acceptors (Lipinski definition) is 2. The Morgan fingerprint density at radius 3 is 2.72 bits per heavy atom. The van der Waals surface area contributed by atoms with E-state index in [-0.39, 0.29) is 11.8 Å². The standard InChI is InChI=1S/C15H18N2O/c1-3-10-17-15(18)9-8-14(11-16)13-6-4-12(2)5-7-13/h3-7,14H,1,8-10H2,2H3,(H,17,18). The van der Waals surface area contributed by atoms with Gasteiger partial charge in [0.05, 0.1) is 12.0 Å². The molecule has 18 heavy (non-hydrogen) atoms. The summed E-state index contributed by atoms with van der Waals surface area (Å²) in [5.74, 6) is -0.262. The highest BCUT2D eigenvalue weighted by Gasteiger charge is 2.12. The summed E-state index contributed by atoms with van der Waals surface area (Å²) in [5, 5.41) is 11.8. The van der Waals surface area contributed by atoms with Crippen LogP contribution in [0.5, 0.6) is 0 Å². The summed E-state index contributed by atoms with van der Waals surface area (Å²) in [4.78, 5) is 11.4. The molecule has 0 aliphatic heterocycles. The molecule has 1 aromatic carbocycles. The molecule has 3 nitrogen and oxygen atoms in total. The molecule has 94 valence electrons. The molecular weight excluding hydrogens is 224 g/mol. The molecule has 1 N–H and O–H groups in total. The fourth-order valence-electron chi connectivity index (χ4n) is 1.65. The van der Waals surface area contributed by atoms with Crippen LogP contribution in [0.3, 0.4) is 0 Å². The van der Waals surface area contributed by atoms with Gasteiger partial charge in [0.25, 0.3) is 0 Å². The van der Waals surface area contributed by atoms with Crippen molar-refractivity contribution in [3.8, 4) is 6.07 Å². The second kappa shape index (κ2) is 7.29. The van der Waals surface area contributed by atoms with Crippen molar-refractivity contribution in [1.82, 2.24) is 5.32 Å². The number of aryl methyl sites for hydroxylation is 1. The monoisotopic (exact) mass is 242 g/mol. The van der Waals surface area contributed by atoms with Gasteiger partial charge in [0.1, 0.15) is 0 Å². The maximum absolute atomic E-state index is 11.4. The zero-order chi connectivity index (χ0) is 13.4. The summed E-state index contributed by atoms with van der Waals surface area (Å²) in [6, 6.07) is 10.1. The first-order valence-corrected chi connectivity index (χ1v) is 6.01. The Balaban J connectivity index is 2.53. The average molecular weight is 242 g/mol. The van der Waals surface area contributed by atoms with Crippen LogP contribution in [0.4, 0.5) is 0 Å². The van der Waals surface area contributed by atoms with Crippen molar-refractivity contribution in [3.63, 3.8) is 0 Å². The Morgan fingerprint density at radius 2 is 2.17 bits per heavy atom. The molecule has 0 radical (unpaired) electrons. The van der Waals surface area contributed by atoms with Crippen LogP contribution in [0.2, 0.25) is 0 Å². The molecule has 0 aromatic heterocycles. The number of nitriles is 1. The minimum Gasteiger partial charge on any atom is -0.353 e.